The van der Waals surface area contributed by atoms with Crippen molar-refractivity contribution in [1.82, 2.24) is 0 Å². The molecule has 17 heavy (non-hydrogen) atoms. The third-order valence-electron chi connectivity index (χ3n) is 2.48. The van der Waals surface area contributed by atoms with Crippen LogP contribution in [0, 0.1) is 6.92 Å². The SMILES string of the molecule is COC(C)(C)C(=O)Nc1c(Br)cc(C)cc1Br. The number of ether oxygens (including phenoxy) is 1. The highest BCUT2D eigenvalue weighted by Gasteiger charge is 2.27. The van der Waals surface area contributed by atoms with Gasteiger partial charge in [0.25, 0.3) is 5.91 Å². The third-order valence-corrected chi connectivity index (χ3v) is 3.73. The van der Waals surface area contributed by atoms with Gasteiger partial charge < -0.3 is 10.1 Å². The first-order valence-electron chi connectivity index (χ1n) is 5.10. The molecule has 1 rings (SSSR count). The van der Waals surface area contributed by atoms with Gasteiger partial charge in [-0.2, -0.15) is 0 Å². The lowest BCUT2D eigenvalue weighted by Gasteiger charge is -2.22. The third kappa shape index (κ3) is 3.53. The summed E-state index contributed by atoms with van der Waals surface area (Å²) in [6, 6.07) is 3.89. The summed E-state index contributed by atoms with van der Waals surface area (Å²) in [5.74, 6) is -0.190. The van der Waals surface area contributed by atoms with Gasteiger partial charge in [-0.25, -0.2) is 0 Å². The smallest absolute Gasteiger partial charge is 0.256 e. The van der Waals surface area contributed by atoms with Crippen molar-refractivity contribution < 1.29 is 9.53 Å². The van der Waals surface area contributed by atoms with Gasteiger partial charge in [0.2, 0.25) is 0 Å². The van der Waals surface area contributed by atoms with Crippen LogP contribution in [0.5, 0.6) is 0 Å². The average molecular weight is 365 g/mol. The Kier molecular flexibility index (Phi) is 4.75. The maximum Gasteiger partial charge on any atom is 0.256 e. The second-order valence-corrected chi connectivity index (χ2v) is 5.98. The molecule has 0 saturated carbocycles. The monoisotopic (exact) mass is 363 g/mol. The molecule has 0 spiro atoms. The van der Waals surface area contributed by atoms with Crippen LogP contribution in [0.4, 0.5) is 5.69 Å². The van der Waals surface area contributed by atoms with Crippen molar-refractivity contribution in [1.29, 1.82) is 0 Å². The van der Waals surface area contributed by atoms with Crippen molar-refractivity contribution in [2.75, 3.05) is 12.4 Å². The van der Waals surface area contributed by atoms with Crippen LogP contribution >= 0.6 is 31.9 Å². The molecular formula is C12H15Br2NO2. The van der Waals surface area contributed by atoms with E-state index in [2.05, 4.69) is 37.2 Å². The van der Waals surface area contributed by atoms with E-state index in [1.54, 1.807) is 13.8 Å². The number of rotatable bonds is 3. The van der Waals surface area contributed by atoms with E-state index in [4.69, 9.17) is 4.74 Å². The largest absolute Gasteiger partial charge is 0.369 e. The lowest BCUT2D eigenvalue weighted by molar-refractivity contribution is -0.133. The molecule has 1 N–H and O–H groups in total. The van der Waals surface area contributed by atoms with E-state index in [9.17, 15) is 4.79 Å². The summed E-state index contributed by atoms with van der Waals surface area (Å²) < 4.78 is 6.81. The van der Waals surface area contributed by atoms with Gasteiger partial charge in [-0.15, -0.1) is 0 Å². The van der Waals surface area contributed by atoms with Gasteiger partial charge in [-0.3, -0.25) is 4.79 Å². The molecule has 1 aromatic carbocycles. The summed E-state index contributed by atoms with van der Waals surface area (Å²) in [4.78, 5) is 12.0. The lowest BCUT2D eigenvalue weighted by atomic mass is 10.1. The summed E-state index contributed by atoms with van der Waals surface area (Å²) >= 11 is 6.86. The number of hydrogen-bond acceptors (Lipinski definition) is 2. The minimum Gasteiger partial charge on any atom is -0.369 e. The van der Waals surface area contributed by atoms with E-state index >= 15 is 0 Å². The second-order valence-electron chi connectivity index (χ2n) is 4.27. The predicted molar refractivity (Wildman–Crippen MR) is 76.3 cm³/mol. The molecule has 5 heteroatoms. The van der Waals surface area contributed by atoms with Crippen LogP contribution in [-0.4, -0.2) is 18.6 Å². The van der Waals surface area contributed by atoms with Crippen molar-refractivity contribution in [2.45, 2.75) is 26.4 Å². The highest BCUT2D eigenvalue weighted by atomic mass is 79.9. The second kappa shape index (κ2) is 5.50. The predicted octanol–water partition coefficient (Wildman–Crippen LogP) is 3.88. The molecule has 0 aromatic heterocycles. The first-order chi connectivity index (χ1) is 7.77. The molecule has 0 aliphatic carbocycles. The summed E-state index contributed by atoms with van der Waals surface area (Å²) in [6.07, 6.45) is 0. The molecule has 0 aliphatic heterocycles. The Morgan fingerprint density at radius 2 is 1.76 bits per heavy atom. The van der Waals surface area contributed by atoms with E-state index in [-0.39, 0.29) is 5.91 Å². The lowest BCUT2D eigenvalue weighted by Crippen LogP contribution is -2.39. The van der Waals surface area contributed by atoms with E-state index in [0.717, 1.165) is 14.5 Å². The van der Waals surface area contributed by atoms with Crippen LogP contribution in [0.3, 0.4) is 0 Å². The molecule has 0 unspecified atom stereocenters. The Morgan fingerprint density at radius 1 is 1.29 bits per heavy atom. The number of nitrogens with one attached hydrogen (secondary N) is 1. The molecule has 3 nitrogen and oxygen atoms in total. The normalized spacial score (nSPS) is 11.4. The van der Waals surface area contributed by atoms with Gasteiger partial charge in [0.05, 0.1) is 5.69 Å². The zero-order chi connectivity index (χ0) is 13.2. The Hall–Kier alpha value is -0.390. The number of halogens is 2. The molecule has 0 saturated heterocycles. The van der Waals surface area contributed by atoms with Crippen LogP contribution in [0.1, 0.15) is 19.4 Å². The van der Waals surface area contributed by atoms with Gasteiger partial charge >= 0.3 is 0 Å². The van der Waals surface area contributed by atoms with E-state index in [0.29, 0.717) is 5.69 Å². The van der Waals surface area contributed by atoms with Crippen molar-refractivity contribution >= 4 is 43.5 Å². The molecule has 0 bridgehead atoms. The maximum absolute atomic E-state index is 12.0. The van der Waals surface area contributed by atoms with E-state index in [1.807, 2.05) is 19.1 Å². The standard InChI is InChI=1S/C12H15Br2NO2/c1-7-5-8(13)10(9(14)6-7)15-11(16)12(2,3)17-4/h5-6H,1-4H3,(H,15,16). The molecule has 0 radical (unpaired) electrons. The fourth-order valence-electron chi connectivity index (χ4n) is 1.18. The van der Waals surface area contributed by atoms with Crippen molar-refractivity contribution in [2.24, 2.45) is 0 Å². The van der Waals surface area contributed by atoms with E-state index < -0.39 is 5.60 Å². The van der Waals surface area contributed by atoms with Crippen LogP contribution in [0.25, 0.3) is 0 Å². The van der Waals surface area contributed by atoms with Crippen LogP contribution in [-0.2, 0) is 9.53 Å². The van der Waals surface area contributed by atoms with Crippen molar-refractivity contribution in [3.8, 4) is 0 Å². The molecule has 0 heterocycles. The number of carbonyl (C=O) groups excluding carboxylic acids is 1. The number of carbonyl (C=O) groups is 1. The average Bonchev–Trinajstić information content (AvgIpc) is 2.22. The summed E-state index contributed by atoms with van der Waals surface area (Å²) in [7, 11) is 1.51. The minimum atomic E-state index is -0.857. The number of aryl methyl sites for hydroxylation is 1. The number of hydrogen-bond donors (Lipinski definition) is 1. The van der Waals surface area contributed by atoms with Crippen molar-refractivity contribution in [3.05, 3.63) is 26.6 Å². The molecule has 1 amide bonds. The number of methoxy groups -OCH3 is 1. The Bertz CT molecular complexity index is 421. The van der Waals surface area contributed by atoms with Crippen molar-refractivity contribution in [3.63, 3.8) is 0 Å². The first-order valence-corrected chi connectivity index (χ1v) is 6.69. The van der Waals surface area contributed by atoms with Gasteiger partial charge in [0, 0.05) is 16.1 Å². The molecule has 1 aromatic rings. The van der Waals surface area contributed by atoms with Crippen LogP contribution in [0.2, 0.25) is 0 Å². The molecular weight excluding hydrogens is 350 g/mol. The topological polar surface area (TPSA) is 38.3 Å². The Morgan fingerprint density at radius 3 is 2.18 bits per heavy atom. The maximum atomic E-state index is 12.0. The van der Waals surface area contributed by atoms with Gasteiger partial charge in [0.15, 0.2) is 0 Å². The zero-order valence-electron chi connectivity index (χ0n) is 10.2. The Balaban J connectivity index is 3.01. The summed E-state index contributed by atoms with van der Waals surface area (Å²) in [5, 5.41) is 2.84. The first kappa shape index (κ1) is 14.7. The summed E-state index contributed by atoms with van der Waals surface area (Å²) in [6.45, 7) is 5.43. The van der Waals surface area contributed by atoms with Crippen LogP contribution < -0.4 is 5.32 Å². The van der Waals surface area contributed by atoms with Gasteiger partial charge in [-0.1, -0.05) is 0 Å². The molecule has 0 fully saturated rings. The van der Waals surface area contributed by atoms with Crippen LogP contribution in [0.15, 0.2) is 21.1 Å². The zero-order valence-corrected chi connectivity index (χ0v) is 13.4. The molecule has 0 aliphatic rings. The van der Waals surface area contributed by atoms with Gasteiger partial charge in [0.1, 0.15) is 5.60 Å². The minimum absolute atomic E-state index is 0.190. The highest BCUT2D eigenvalue weighted by Crippen LogP contribution is 2.32. The number of benzene rings is 1. The number of anilines is 1. The quantitative estimate of drug-likeness (QED) is 0.883. The fourth-order valence-corrected chi connectivity index (χ4v) is 2.79. The van der Waals surface area contributed by atoms with E-state index in [1.165, 1.54) is 7.11 Å². The fraction of sp³-hybridized carbons (Fsp3) is 0.417. The highest BCUT2D eigenvalue weighted by molar-refractivity contribution is 9.11. The number of amides is 1. The molecule has 0 atom stereocenters. The summed E-state index contributed by atoms with van der Waals surface area (Å²) in [5.41, 5.74) is 0.961. The Labute approximate surface area is 118 Å². The van der Waals surface area contributed by atoms with Gasteiger partial charge in [-0.05, 0) is 70.3 Å². The molecule has 94 valence electrons.